The third-order valence-electron chi connectivity index (χ3n) is 3.80. The summed E-state index contributed by atoms with van der Waals surface area (Å²) in [7, 11) is 0. The van der Waals surface area contributed by atoms with Gasteiger partial charge in [-0.05, 0) is 36.0 Å². The van der Waals surface area contributed by atoms with E-state index >= 15 is 0 Å². The van der Waals surface area contributed by atoms with E-state index in [1.807, 2.05) is 6.08 Å². The molecule has 3 unspecified atom stereocenters. The molecular formula is C12H18O2. The van der Waals surface area contributed by atoms with Gasteiger partial charge in [-0.1, -0.05) is 26.8 Å². The first-order valence-corrected chi connectivity index (χ1v) is 5.34. The highest BCUT2D eigenvalue weighted by Gasteiger charge is 2.46. The van der Waals surface area contributed by atoms with Crippen LogP contribution < -0.4 is 0 Å². The highest BCUT2D eigenvalue weighted by Crippen LogP contribution is 2.53. The Kier molecular flexibility index (Phi) is 1.98. The predicted molar refractivity (Wildman–Crippen MR) is 54.9 cm³/mol. The van der Waals surface area contributed by atoms with Crippen molar-refractivity contribution in [2.45, 2.75) is 33.6 Å². The number of rotatable bonds is 1. The molecule has 0 aliphatic heterocycles. The fourth-order valence-electron chi connectivity index (χ4n) is 3.12. The Morgan fingerprint density at radius 3 is 2.43 bits per heavy atom. The normalized spacial score (nSPS) is 35.9. The lowest BCUT2D eigenvalue weighted by Gasteiger charge is -2.32. The Morgan fingerprint density at radius 2 is 2.07 bits per heavy atom. The average Bonchev–Trinajstić information content (AvgIpc) is 2.58. The topological polar surface area (TPSA) is 37.3 Å². The van der Waals surface area contributed by atoms with Crippen molar-refractivity contribution in [3.05, 3.63) is 11.6 Å². The minimum Gasteiger partial charge on any atom is -0.478 e. The molecule has 0 saturated heterocycles. The fourth-order valence-corrected chi connectivity index (χ4v) is 3.12. The summed E-state index contributed by atoms with van der Waals surface area (Å²) in [5.41, 5.74) is 0.996. The summed E-state index contributed by atoms with van der Waals surface area (Å²) in [5.74, 6) is 0.827. The first-order chi connectivity index (χ1) is 6.39. The Balaban J connectivity index is 2.19. The van der Waals surface area contributed by atoms with Gasteiger partial charge in [-0.15, -0.1) is 0 Å². The number of hydrogen-bond donors (Lipinski definition) is 1. The van der Waals surface area contributed by atoms with Crippen LogP contribution in [0.4, 0.5) is 0 Å². The lowest BCUT2D eigenvalue weighted by molar-refractivity contribution is -0.133. The first kappa shape index (κ1) is 9.75. The van der Waals surface area contributed by atoms with E-state index in [9.17, 15) is 4.79 Å². The molecule has 2 aliphatic rings. The van der Waals surface area contributed by atoms with Crippen molar-refractivity contribution in [3.63, 3.8) is 0 Å². The lowest BCUT2D eigenvalue weighted by atomic mass is 9.72. The number of carboxylic acids is 1. The van der Waals surface area contributed by atoms with Gasteiger partial charge in [0.2, 0.25) is 0 Å². The molecule has 0 heterocycles. The Hall–Kier alpha value is -0.790. The monoisotopic (exact) mass is 194 g/mol. The Morgan fingerprint density at radius 1 is 1.43 bits per heavy atom. The minimum absolute atomic E-state index is 0.319. The van der Waals surface area contributed by atoms with E-state index in [-0.39, 0.29) is 0 Å². The molecule has 1 saturated carbocycles. The molecule has 2 heteroatoms. The largest absolute Gasteiger partial charge is 0.478 e. The van der Waals surface area contributed by atoms with Gasteiger partial charge in [0.15, 0.2) is 0 Å². The molecule has 1 fully saturated rings. The molecule has 2 nitrogen and oxygen atoms in total. The lowest BCUT2D eigenvalue weighted by Crippen LogP contribution is -2.25. The third-order valence-corrected chi connectivity index (χ3v) is 3.80. The summed E-state index contributed by atoms with van der Waals surface area (Å²) >= 11 is 0. The summed E-state index contributed by atoms with van der Waals surface area (Å²) in [6.45, 7) is 6.77. The van der Waals surface area contributed by atoms with Crippen LogP contribution in [0.25, 0.3) is 0 Å². The second-order valence-corrected chi connectivity index (χ2v) is 5.73. The Bertz CT molecular complexity index is 296. The van der Waals surface area contributed by atoms with Gasteiger partial charge in [0, 0.05) is 5.57 Å². The molecule has 14 heavy (non-hydrogen) atoms. The highest BCUT2D eigenvalue weighted by atomic mass is 16.4. The molecule has 0 aromatic heterocycles. The van der Waals surface area contributed by atoms with Crippen molar-refractivity contribution in [1.29, 1.82) is 0 Å². The Labute approximate surface area is 85.0 Å². The summed E-state index contributed by atoms with van der Waals surface area (Å²) in [5, 5.41) is 8.96. The SMILES string of the molecule is CC(C)(C)C1CC2CC1C=C2C(=O)O. The maximum absolute atomic E-state index is 10.9. The van der Waals surface area contributed by atoms with E-state index in [1.165, 1.54) is 0 Å². The molecule has 2 rings (SSSR count). The van der Waals surface area contributed by atoms with Crippen LogP contribution in [-0.4, -0.2) is 11.1 Å². The number of fused-ring (bicyclic) bond motifs is 2. The second-order valence-electron chi connectivity index (χ2n) is 5.73. The van der Waals surface area contributed by atoms with Gasteiger partial charge in [-0.25, -0.2) is 4.79 Å². The van der Waals surface area contributed by atoms with Crippen LogP contribution in [0.1, 0.15) is 33.6 Å². The summed E-state index contributed by atoms with van der Waals surface area (Å²) in [4.78, 5) is 10.9. The van der Waals surface area contributed by atoms with Gasteiger partial charge in [-0.2, -0.15) is 0 Å². The van der Waals surface area contributed by atoms with Gasteiger partial charge in [0.25, 0.3) is 0 Å². The molecular weight excluding hydrogens is 176 g/mol. The minimum atomic E-state index is -0.704. The third kappa shape index (κ3) is 1.37. The van der Waals surface area contributed by atoms with E-state index in [1.54, 1.807) is 0 Å². The van der Waals surface area contributed by atoms with E-state index in [0.717, 1.165) is 12.8 Å². The summed E-state index contributed by atoms with van der Waals surface area (Å²) in [6, 6.07) is 0. The standard InChI is InChI=1S/C12H18O2/c1-12(2,3)10-6-7-4-8(10)5-9(7)11(13)14/h5,7-8,10H,4,6H2,1-3H3,(H,13,14). The van der Waals surface area contributed by atoms with Gasteiger partial charge in [0.1, 0.15) is 0 Å². The van der Waals surface area contributed by atoms with Crippen LogP contribution in [-0.2, 0) is 4.79 Å². The maximum atomic E-state index is 10.9. The van der Waals surface area contributed by atoms with Gasteiger partial charge < -0.3 is 5.11 Å². The highest BCUT2D eigenvalue weighted by molar-refractivity contribution is 5.88. The smallest absolute Gasteiger partial charge is 0.331 e. The molecule has 3 atom stereocenters. The number of carbonyl (C=O) groups is 1. The van der Waals surface area contributed by atoms with E-state index in [0.29, 0.717) is 28.7 Å². The molecule has 2 bridgehead atoms. The van der Waals surface area contributed by atoms with Crippen molar-refractivity contribution in [2.24, 2.45) is 23.2 Å². The van der Waals surface area contributed by atoms with E-state index in [4.69, 9.17) is 5.11 Å². The second kappa shape index (κ2) is 2.85. The van der Waals surface area contributed by atoms with Crippen molar-refractivity contribution in [2.75, 3.05) is 0 Å². The van der Waals surface area contributed by atoms with Crippen LogP contribution in [0.3, 0.4) is 0 Å². The predicted octanol–water partition coefficient (Wildman–Crippen LogP) is 2.70. The molecule has 0 amide bonds. The number of aliphatic carboxylic acids is 1. The van der Waals surface area contributed by atoms with Crippen LogP contribution in [0, 0.1) is 23.2 Å². The number of allylic oxidation sites excluding steroid dienone is 1. The van der Waals surface area contributed by atoms with Crippen molar-refractivity contribution >= 4 is 5.97 Å². The van der Waals surface area contributed by atoms with Crippen LogP contribution in [0.15, 0.2) is 11.6 Å². The van der Waals surface area contributed by atoms with Crippen molar-refractivity contribution < 1.29 is 9.90 Å². The maximum Gasteiger partial charge on any atom is 0.331 e. The van der Waals surface area contributed by atoms with Crippen LogP contribution >= 0.6 is 0 Å². The molecule has 0 aromatic rings. The number of carboxylic acid groups (broad SMARTS) is 1. The molecule has 2 aliphatic carbocycles. The quantitative estimate of drug-likeness (QED) is 0.696. The average molecular weight is 194 g/mol. The van der Waals surface area contributed by atoms with E-state index < -0.39 is 5.97 Å². The van der Waals surface area contributed by atoms with Crippen LogP contribution in [0.2, 0.25) is 0 Å². The molecule has 1 N–H and O–H groups in total. The zero-order chi connectivity index (χ0) is 10.5. The van der Waals surface area contributed by atoms with Crippen molar-refractivity contribution in [1.82, 2.24) is 0 Å². The fraction of sp³-hybridized carbons (Fsp3) is 0.750. The summed E-state index contributed by atoms with van der Waals surface area (Å²) in [6.07, 6.45) is 4.16. The molecule has 0 spiro atoms. The van der Waals surface area contributed by atoms with Gasteiger partial charge in [0.05, 0.1) is 0 Å². The number of hydrogen-bond acceptors (Lipinski definition) is 1. The zero-order valence-electron chi connectivity index (χ0n) is 9.08. The van der Waals surface area contributed by atoms with Crippen LogP contribution in [0.5, 0.6) is 0 Å². The van der Waals surface area contributed by atoms with E-state index in [2.05, 4.69) is 20.8 Å². The molecule has 0 radical (unpaired) electrons. The molecule has 0 aromatic carbocycles. The van der Waals surface area contributed by atoms with Gasteiger partial charge >= 0.3 is 5.97 Å². The van der Waals surface area contributed by atoms with Gasteiger partial charge in [-0.3, -0.25) is 0 Å². The summed E-state index contributed by atoms with van der Waals surface area (Å²) < 4.78 is 0. The first-order valence-electron chi connectivity index (χ1n) is 5.34. The molecule has 78 valence electrons. The van der Waals surface area contributed by atoms with Crippen molar-refractivity contribution in [3.8, 4) is 0 Å². The zero-order valence-corrected chi connectivity index (χ0v) is 9.08.